The Morgan fingerprint density at radius 2 is 1.28 bits per heavy atom. The Morgan fingerprint density at radius 3 is 1.77 bits per heavy atom. The molecule has 1 fully saturated rings. The number of carbonyl (C=O) groups excluding carboxylic acids is 1. The highest BCUT2D eigenvalue weighted by atomic mass is 32.2. The predicted octanol–water partition coefficient (Wildman–Crippen LogP) is 12.8. The summed E-state index contributed by atoms with van der Waals surface area (Å²) >= 11 is 1.54. The molecule has 0 aliphatic carbocycles. The number of hydrogen-bond donors (Lipinski definition) is 3. The molecule has 1 aliphatic rings. The van der Waals surface area contributed by atoms with Gasteiger partial charge in [0, 0.05) is 35.8 Å². The minimum atomic E-state index is -5.28. The van der Waals surface area contributed by atoms with E-state index in [0.717, 1.165) is 54.9 Å². The number of rotatable bonds is 43. The van der Waals surface area contributed by atoms with Crippen LogP contribution < -0.4 is 11.2 Å². The van der Waals surface area contributed by atoms with Gasteiger partial charge in [-0.2, -0.15) is 16.1 Å². The van der Waals surface area contributed by atoms with Crippen LogP contribution in [0.3, 0.4) is 0 Å². The van der Waals surface area contributed by atoms with Crippen LogP contribution in [-0.4, -0.2) is 68.3 Å². The second kappa shape index (κ2) is 37.0. The zero-order valence-electron chi connectivity index (χ0n) is 39.6. The van der Waals surface area contributed by atoms with Gasteiger partial charge in [-0.25, -0.2) is 13.9 Å². The fourth-order valence-corrected chi connectivity index (χ4v) is 11.0. The number of esters is 1. The summed E-state index contributed by atoms with van der Waals surface area (Å²) in [4.78, 5) is 62.3. The lowest BCUT2D eigenvalue weighted by atomic mass is 10.0. The van der Waals surface area contributed by atoms with Gasteiger partial charge in [-0.3, -0.25) is 28.2 Å². The highest BCUT2D eigenvalue weighted by molar-refractivity contribution is 7.99. The van der Waals surface area contributed by atoms with Crippen molar-refractivity contribution in [3.05, 3.63) is 43.5 Å². The summed E-state index contributed by atoms with van der Waals surface area (Å²) in [6.45, 7) is 3.18. The third-order valence-corrected chi connectivity index (χ3v) is 15.4. The summed E-state index contributed by atoms with van der Waals surface area (Å²) in [6.07, 6.45) is 32.6. The number of hydrogen-bond acceptors (Lipinski definition) is 12. The van der Waals surface area contributed by atoms with Crippen LogP contribution in [0.15, 0.2) is 27.0 Å². The van der Waals surface area contributed by atoms with Crippen molar-refractivity contribution in [2.75, 3.05) is 24.7 Å². The van der Waals surface area contributed by atoms with Crippen LogP contribution in [0.4, 0.5) is 0 Å². The van der Waals surface area contributed by atoms with Crippen molar-refractivity contribution in [2.45, 2.75) is 231 Å². The third kappa shape index (κ3) is 30.2. The smallest absolute Gasteiger partial charge is 0.459 e. The number of unbranched alkanes of at least 4 members (excludes halogenated alkanes) is 26. The zero-order valence-corrected chi connectivity index (χ0v) is 42.2. The maximum absolute atomic E-state index is 12.9. The molecule has 0 aromatic carbocycles. The minimum Gasteiger partial charge on any atom is -0.459 e. The van der Waals surface area contributed by atoms with Crippen molar-refractivity contribution < 1.29 is 46.5 Å². The average Bonchev–Trinajstić information content (AvgIpc) is 3.66. The van der Waals surface area contributed by atoms with Crippen molar-refractivity contribution >= 4 is 33.4 Å². The molecule has 1 aromatic rings. The van der Waals surface area contributed by atoms with Crippen LogP contribution in [0.2, 0.25) is 0 Å². The number of thioether (sulfide) groups is 1. The molecule has 0 saturated carbocycles. The molecule has 2 rings (SSSR count). The van der Waals surface area contributed by atoms with E-state index in [1.54, 1.807) is 11.8 Å². The number of azide groups is 1. The largest absolute Gasteiger partial charge is 0.481 e. The number of carbonyl (C=O) groups is 1. The number of phosphoric acid groups is 2. The summed E-state index contributed by atoms with van der Waals surface area (Å²) in [7, 11) is -10.5. The maximum atomic E-state index is 12.9. The molecule has 0 spiro atoms. The Kier molecular flexibility index (Phi) is 33.7. The lowest BCUT2D eigenvalue weighted by molar-refractivity contribution is -0.149. The monoisotopic (exact) mass is 980 g/mol. The van der Waals surface area contributed by atoms with Crippen LogP contribution in [-0.2, 0) is 36.8 Å². The first kappa shape index (κ1) is 59.2. The topological polar surface area (TPSA) is 241 Å². The Bertz CT molecular complexity index is 1670. The van der Waals surface area contributed by atoms with Gasteiger partial charge in [0.2, 0.25) is 0 Å². The number of nitrogens with zero attached hydrogens (tertiary/aromatic N) is 4. The minimum absolute atomic E-state index is 0.0425. The van der Waals surface area contributed by atoms with E-state index in [1.165, 1.54) is 141 Å². The number of aromatic amines is 1. The molecule has 0 amide bonds. The number of H-pyrrole nitrogens is 1. The second-order valence-corrected chi connectivity index (χ2v) is 21.6. The normalized spacial score (nSPS) is 18.5. The molecule has 0 radical (unpaired) electrons. The lowest BCUT2D eigenvalue weighted by Gasteiger charge is -2.22. The molecule has 6 atom stereocenters. The first-order valence-corrected chi connectivity index (χ1v) is 29.0. The number of nitrogens with one attached hydrogen (secondary N) is 1. The fraction of sp³-hybridized carbons (Fsp3) is 0.889. The van der Waals surface area contributed by atoms with Crippen molar-refractivity contribution in [1.29, 1.82) is 0 Å². The van der Waals surface area contributed by atoms with Gasteiger partial charge < -0.3 is 19.3 Å². The van der Waals surface area contributed by atoms with Gasteiger partial charge in [0.15, 0.2) is 0 Å². The molecule has 1 saturated heterocycles. The third-order valence-electron chi connectivity index (χ3n) is 11.6. The van der Waals surface area contributed by atoms with Crippen LogP contribution in [0, 0.1) is 0 Å². The number of ether oxygens (including phenoxy) is 2. The standard InChI is InChI=1S/C45H83N5O12P2S/c1-3-5-7-9-11-13-15-17-18-19-20-22-24-26-28-30-34-65-38-39(60-44(52)31-29-27-25-23-21-16-14-12-10-8-6-4-2)36-58-63(54,55)62-64(56,57)59-37-41-40(48-49-46)35-43(61-41)50-33-32-42(51)47-45(50)53/h32-33,39-41,43H,3-31,34-38H2,1-2H3,(H,54,55)(H,56,57)(H,47,51,53)/t39-,40+,41-,43-/m1/s1. The zero-order chi connectivity index (χ0) is 47.4. The van der Waals surface area contributed by atoms with Crippen LogP contribution >= 0.6 is 27.4 Å². The van der Waals surface area contributed by atoms with Crippen molar-refractivity contribution in [3.63, 3.8) is 0 Å². The van der Waals surface area contributed by atoms with E-state index in [1.807, 2.05) is 0 Å². The van der Waals surface area contributed by atoms with Gasteiger partial charge in [-0.15, -0.1) is 0 Å². The highest BCUT2D eigenvalue weighted by Crippen LogP contribution is 2.60. The quantitative estimate of drug-likeness (QED) is 0.0138. The van der Waals surface area contributed by atoms with E-state index in [4.69, 9.17) is 24.1 Å². The Balaban J connectivity index is 1.79. The molecule has 2 heterocycles. The van der Waals surface area contributed by atoms with E-state index in [9.17, 15) is 33.3 Å². The van der Waals surface area contributed by atoms with Crippen LogP contribution in [0.25, 0.3) is 10.4 Å². The van der Waals surface area contributed by atoms with E-state index < -0.39 is 70.6 Å². The number of aromatic nitrogens is 2. The van der Waals surface area contributed by atoms with Crippen LogP contribution in [0.1, 0.15) is 213 Å². The Labute approximate surface area is 392 Å². The Hall–Kier alpha value is -1.97. The molecule has 3 N–H and O–H groups in total. The molecule has 1 aromatic heterocycles. The van der Waals surface area contributed by atoms with Gasteiger partial charge >= 0.3 is 27.3 Å². The van der Waals surface area contributed by atoms with Gasteiger partial charge in [-0.05, 0) is 24.1 Å². The van der Waals surface area contributed by atoms with Crippen LogP contribution in [0.5, 0.6) is 0 Å². The molecule has 1 aliphatic heterocycles. The van der Waals surface area contributed by atoms with E-state index in [-0.39, 0.29) is 18.6 Å². The lowest BCUT2D eigenvalue weighted by Crippen LogP contribution is -2.31. The predicted molar refractivity (Wildman–Crippen MR) is 258 cm³/mol. The van der Waals surface area contributed by atoms with E-state index >= 15 is 0 Å². The first-order valence-electron chi connectivity index (χ1n) is 24.8. The van der Waals surface area contributed by atoms with Gasteiger partial charge in [0.1, 0.15) is 12.3 Å². The molecular formula is C45H83N5O12P2S. The van der Waals surface area contributed by atoms with E-state index in [0.29, 0.717) is 6.42 Å². The molecule has 17 nitrogen and oxygen atoms in total. The summed E-state index contributed by atoms with van der Waals surface area (Å²) < 4.78 is 52.7. The van der Waals surface area contributed by atoms with Gasteiger partial charge in [-0.1, -0.05) is 186 Å². The SMILES string of the molecule is CCCCCCCCCCCCCCCCCCSC[C@@H](COP(=O)(O)OP(=O)(O)OC[C@H]1O[C@@H](n2ccc(=O)[nH]c2=O)C[C@@H]1N=[N+]=[N-])OC(=O)CCCCCCCCCCCCCC. The van der Waals surface area contributed by atoms with Gasteiger partial charge in [0.25, 0.3) is 5.56 Å². The molecule has 20 heteroatoms. The van der Waals surface area contributed by atoms with Crippen molar-refractivity contribution in [2.24, 2.45) is 5.11 Å². The summed E-state index contributed by atoms with van der Waals surface area (Å²) in [5.74, 6) is 0.637. The second-order valence-electron chi connectivity index (χ2n) is 17.4. The van der Waals surface area contributed by atoms with E-state index in [2.05, 4.69) is 33.2 Å². The molecule has 376 valence electrons. The van der Waals surface area contributed by atoms with Crippen molar-refractivity contribution in [1.82, 2.24) is 9.55 Å². The summed E-state index contributed by atoms with van der Waals surface area (Å²) in [6, 6.07) is 0.126. The van der Waals surface area contributed by atoms with Crippen molar-refractivity contribution in [3.8, 4) is 0 Å². The molecule has 65 heavy (non-hydrogen) atoms. The molecular weight excluding hydrogens is 897 g/mol. The van der Waals surface area contributed by atoms with Gasteiger partial charge in [0.05, 0.1) is 25.4 Å². The first-order chi connectivity index (χ1) is 31.4. The Morgan fingerprint density at radius 1 is 0.800 bits per heavy atom. The maximum Gasteiger partial charge on any atom is 0.481 e. The molecule has 2 unspecified atom stereocenters. The molecule has 0 bridgehead atoms. The summed E-state index contributed by atoms with van der Waals surface area (Å²) in [5, 5.41) is 3.61. The highest BCUT2D eigenvalue weighted by Gasteiger charge is 2.41. The average molecular weight is 980 g/mol. The number of phosphoric ester groups is 2. The fourth-order valence-electron chi connectivity index (χ4n) is 7.84. The summed E-state index contributed by atoms with van der Waals surface area (Å²) in [5.41, 5.74) is 7.61.